The van der Waals surface area contributed by atoms with Crippen LogP contribution in [-0.2, 0) is 30.3 Å². The van der Waals surface area contributed by atoms with E-state index in [1.807, 2.05) is 64.4 Å². The lowest BCUT2D eigenvalue weighted by Gasteiger charge is -2.41. The van der Waals surface area contributed by atoms with Crippen LogP contribution in [0, 0.1) is 23.7 Å². The second-order valence-electron chi connectivity index (χ2n) is 13.9. The fourth-order valence-electron chi connectivity index (χ4n) is 7.69. The Balaban J connectivity index is 1.56. The number of ether oxygens (including phenoxy) is 3. The normalized spacial score (nSPS) is 33.3. The molecule has 248 valence electrons. The molecule has 0 bridgehead atoms. The summed E-state index contributed by atoms with van der Waals surface area (Å²) in [5, 5.41) is 0. The molecule has 0 unspecified atom stereocenters. The third-order valence-corrected chi connectivity index (χ3v) is 9.97. The highest BCUT2D eigenvalue weighted by atomic mass is 16.6. The Hall–Kier alpha value is -3.27. The summed E-state index contributed by atoms with van der Waals surface area (Å²) in [5.74, 6) is -1.23. The van der Waals surface area contributed by atoms with Crippen LogP contribution in [0.3, 0.4) is 0 Å². The Labute approximate surface area is 268 Å². The molecule has 8 atom stereocenters. The van der Waals surface area contributed by atoms with Gasteiger partial charge in [-0.15, -0.1) is 0 Å². The highest BCUT2D eigenvalue weighted by Gasteiger charge is 2.59. The SMILES string of the molecule is CC[C@H]1OC(=O)[C@H](C)C[C@H](C)C[C@](C)(OC)C[C@@H](C)C(=O)[C@H](C)[C@H]2N(CCCCn3cnc(-c4cccnc4)c3)C(=O)O[C@]12C. The molecule has 0 N–H and O–H groups in total. The topological polar surface area (TPSA) is 113 Å². The van der Waals surface area contributed by atoms with Crippen molar-refractivity contribution in [3.63, 3.8) is 0 Å². The first-order valence-electron chi connectivity index (χ1n) is 16.5. The number of hydrogen-bond acceptors (Lipinski definition) is 8. The van der Waals surface area contributed by atoms with Crippen LogP contribution < -0.4 is 0 Å². The van der Waals surface area contributed by atoms with Crippen molar-refractivity contribution in [1.82, 2.24) is 19.4 Å². The molecule has 1 amide bonds. The maximum absolute atomic E-state index is 14.1. The molecular formula is C35H52N4O6. The van der Waals surface area contributed by atoms with E-state index >= 15 is 0 Å². The summed E-state index contributed by atoms with van der Waals surface area (Å²) in [7, 11) is 1.69. The molecule has 45 heavy (non-hydrogen) atoms. The lowest BCUT2D eigenvalue weighted by Crippen LogP contribution is -2.57. The number of cyclic esters (lactones) is 1. The number of amides is 1. The highest BCUT2D eigenvalue weighted by molar-refractivity contribution is 5.85. The number of nitrogens with zero attached hydrogens (tertiary/aromatic N) is 4. The van der Waals surface area contributed by atoms with Gasteiger partial charge in [-0.3, -0.25) is 14.6 Å². The quantitative estimate of drug-likeness (QED) is 0.247. The molecule has 2 aliphatic rings. The Bertz CT molecular complexity index is 1320. The van der Waals surface area contributed by atoms with Gasteiger partial charge in [-0.1, -0.05) is 34.6 Å². The van der Waals surface area contributed by atoms with E-state index in [1.165, 1.54) is 0 Å². The standard InChI is InChI=1S/C35H52N4O6/c1-9-29-35(7)31(26(5)30(40)25(4)19-34(6,43-8)18-23(2)17-24(3)32(41)44-29)39(33(42)45-35)16-11-10-15-38-21-28(37-22-38)27-13-12-14-36-20-27/h12-14,20-26,29,31H,9-11,15-19H2,1-8H3/t23-,24+,25+,26-,29+,31+,34-,35+/m0/s1. The van der Waals surface area contributed by atoms with Gasteiger partial charge in [-0.05, 0) is 70.4 Å². The van der Waals surface area contributed by atoms with Crippen molar-refractivity contribution in [2.45, 2.75) is 117 Å². The molecular weight excluding hydrogens is 572 g/mol. The van der Waals surface area contributed by atoms with Gasteiger partial charge in [-0.2, -0.15) is 0 Å². The number of rotatable bonds is 8. The van der Waals surface area contributed by atoms with E-state index in [0.29, 0.717) is 32.2 Å². The second-order valence-corrected chi connectivity index (χ2v) is 13.9. The minimum absolute atomic E-state index is 0.0541. The summed E-state index contributed by atoms with van der Waals surface area (Å²) < 4.78 is 20.3. The molecule has 2 aromatic heterocycles. The number of fused-ring (bicyclic) bond motifs is 1. The van der Waals surface area contributed by atoms with Gasteiger partial charge in [0.15, 0.2) is 5.60 Å². The number of imidazole rings is 1. The average molecular weight is 625 g/mol. The summed E-state index contributed by atoms with van der Waals surface area (Å²) in [4.78, 5) is 51.4. The van der Waals surface area contributed by atoms with Crippen molar-refractivity contribution in [3.8, 4) is 11.3 Å². The van der Waals surface area contributed by atoms with E-state index in [2.05, 4.69) is 16.9 Å². The summed E-state index contributed by atoms with van der Waals surface area (Å²) >= 11 is 0. The van der Waals surface area contributed by atoms with Gasteiger partial charge < -0.3 is 23.7 Å². The lowest BCUT2D eigenvalue weighted by atomic mass is 9.74. The fourth-order valence-corrected chi connectivity index (χ4v) is 7.69. The molecule has 0 spiro atoms. The minimum Gasteiger partial charge on any atom is -0.458 e. The Morgan fingerprint density at radius 3 is 2.44 bits per heavy atom. The van der Waals surface area contributed by atoms with E-state index in [-0.39, 0.29) is 29.5 Å². The molecule has 2 aromatic rings. The molecule has 2 aliphatic heterocycles. The van der Waals surface area contributed by atoms with Gasteiger partial charge in [0.2, 0.25) is 0 Å². The van der Waals surface area contributed by atoms with Crippen LogP contribution in [0.2, 0.25) is 0 Å². The zero-order chi connectivity index (χ0) is 32.9. The van der Waals surface area contributed by atoms with Crippen LogP contribution in [0.1, 0.15) is 87.0 Å². The van der Waals surface area contributed by atoms with Gasteiger partial charge in [0.05, 0.1) is 29.6 Å². The first kappa shape index (κ1) is 34.6. The third kappa shape index (κ3) is 7.76. The Kier molecular flexibility index (Phi) is 11.1. The predicted molar refractivity (Wildman–Crippen MR) is 171 cm³/mol. The Morgan fingerprint density at radius 1 is 1.04 bits per heavy atom. The number of aromatic nitrogens is 3. The van der Waals surface area contributed by atoms with Crippen molar-refractivity contribution in [1.29, 1.82) is 0 Å². The van der Waals surface area contributed by atoms with Crippen LogP contribution in [-0.4, -0.2) is 74.3 Å². The number of Topliss-reactive ketones (excluding diaryl/α,β-unsaturated/α-hetero) is 1. The lowest BCUT2D eigenvalue weighted by molar-refractivity contribution is -0.170. The molecule has 0 saturated carbocycles. The van der Waals surface area contributed by atoms with Crippen molar-refractivity contribution < 1.29 is 28.6 Å². The molecule has 4 heterocycles. The smallest absolute Gasteiger partial charge is 0.410 e. The number of pyridine rings is 1. The van der Waals surface area contributed by atoms with Crippen LogP contribution in [0.25, 0.3) is 11.3 Å². The Morgan fingerprint density at radius 2 is 1.78 bits per heavy atom. The summed E-state index contributed by atoms with van der Waals surface area (Å²) in [5.41, 5.74) is 0.108. The molecule has 2 saturated heterocycles. The summed E-state index contributed by atoms with van der Waals surface area (Å²) in [6.07, 6.45) is 10.0. The monoisotopic (exact) mass is 624 g/mol. The van der Waals surface area contributed by atoms with Crippen molar-refractivity contribution in [2.24, 2.45) is 23.7 Å². The number of unbranched alkanes of at least 4 members (excludes halogenated alkanes) is 1. The van der Waals surface area contributed by atoms with E-state index in [4.69, 9.17) is 14.2 Å². The maximum Gasteiger partial charge on any atom is 0.410 e. The molecule has 0 radical (unpaired) electrons. The first-order valence-corrected chi connectivity index (χ1v) is 16.5. The molecule has 10 nitrogen and oxygen atoms in total. The number of esters is 1. The molecule has 4 rings (SSSR count). The van der Waals surface area contributed by atoms with Crippen molar-refractivity contribution in [2.75, 3.05) is 13.7 Å². The van der Waals surface area contributed by atoms with Crippen molar-refractivity contribution >= 4 is 17.8 Å². The van der Waals surface area contributed by atoms with Gasteiger partial charge in [-0.25, -0.2) is 9.78 Å². The highest BCUT2D eigenvalue weighted by Crippen LogP contribution is 2.42. The fraction of sp³-hybridized carbons (Fsp3) is 0.686. The molecule has 10 heteroatoms. The second kappa shape index (κ2) is 14.4. The minimum atomic E-state index is -1.18. The number of carbonyl (C=O) groups excluding carboxylic acids is 3. The zero-order valence-electron chi connectivity index (χ0n) is 28.3. The van der Waals surface area contributed by atoms with E-state index in [1.54, 1.807) is 30.7 Å². The van der Waals surface area contributed by atoms with E-state index in [0.717, 1.165) is 30.6 Å². The largest absolute Gasteiger partial charge is 0.458 e. The number of carbonyl (C=O) groups is 3. The van der Waals surface area contributed by atoms with Crippen LogP contribution in [0.15, 0.2) is 37.1 Å². The molecule has 2 fully saturated rings. The zero-order valence-corrected chi connectivity index (χ0v) is 28.3. The predicted octanol–water partition coefficient (Wildman–Crippen LogP) is 6.33. The first-order chi connectivity index (χ1) is 21.3. The van der Waals surface area contributed by atoms with E-state index in [9.17, 15) is 14.4 Å². The summed E-state index contributed by atoms with van der Waals surface area (Å²) in [6.45, 7) is 14.8. The summed E-state index contributed by atoms with van der Waals surface area (Å²) in [6, 6.07) is 3.27. The van der Waals surface area contributed by atoms with Crippen molar-refractivity contribution in [3.05, 3.63) is 37.1 Å². The van der Waals surface area contributed by atoms with Gasteiger partial charge in [0.25, 0.3) is 0 Å². The van der Waals surface area contributed by atoms with Crippen LogP contribution in [0.4, 0.5) is 4.79 Å². The number of aryl methyl sites for hydroxylation is 1. The van der Waals surface area contributed by atoms with Gasteiger partial charge in [0.1, 0.15) is 11.9 Å². The maximum atomic E-state index is 14.1. The van der Waals surface area contributed by atoms with Gasteiger partial charge >= 0.3 is 12.1 Å². The van der Waals surface area contributed by atoms with Gasteiger partial charge in [0, 0.05) is 56.2 Å². The van der Waals surface area contributed by atoms with Crippen LogP contribution in [0.5, 0.6) is 0 Å². The number of methoxy groups -OCH3 is 1. The number of hydrogen-bond donors (Lipinski definition) is 0. The average Bonchev–Trinajstić information content (AvgIpc) is 3.58. The molecule has 0 aliphatic carbocycles. The third-order valence-electron chi connectivity index (χ3n) is 9.97. The van der Waals surface area contributed by atoms with E-state index < -0.39 is 35.4 Å². The molecule has 0 aromatic carbocycles. The number of ketones is 1. The van der Waals surface area contributed by atoms with Crippen LogP contribution >= 0.6 is 0 Å².